The number of sulfonamides is 1. The maximum Gasteiger partial charge on any atom is 0.266 e. The molecular formula is C17H24ClFN4O2S2. The molecule has 0 aliphatic rings. The first-order chi connectivity index (χ1) is 12.8. The van der Waals surface area contributed by atoms with Crippen LogP contribution in [0.4, 0.5) is 15.2 Å². The fourth-order valence-corrected chi connectivity index (χ4v) is 4.62. The van der Waals surface area contributed by atoms with Crippen LogP contribution in [0, 0.1) is 11.7 Å². The Bertz CT molecular complexity index is 832. The molecule has 1 aromatic heterocycles. The zero-order valence-corrected chi connectivity index (χ0v) is 17.4. The first kappa shape index (κ1) is 21.9. The summed E-state index contributed by atoms with van der Waals surface area (Å²) in [5, 5.41) is 4.98. The van der Waals surface area contributed by atoms with Crippen LogP contribution in [0.15, 0.2) is 28.6 Å². The van der Waals surface area contributed by atoms with Crippen LogP contribution in [0.1, 0.15) is 32.6 Å². The van der Waals surface area contributed by atoms with Crippen molar-refractivity contribution in [1.82, 2.24) is 4.98 Å². The molecule has 0 saturated carbocycles. The van der Waals surface area contributed by atoms with Crippen LogP contribution in [0.3, 0.4) is 0 Å². The predicted molar refractivity (Wildman–Crippen MR) is 110 cm³/mol. The summed E-state index contributed by atoms with van der Waals surface area (Å²) < 4.78 is 41.2. The van der Waals surface area contributed by atoms with Gasteiger partial charge in [0.15, 0.2) is 5.13 Å². The van der Waals surface area contributed by atoms with Crippen LogP contribution >= 0.6 is 22.9 Å². The van der Waals surface area contributed by atoms with Gasteiger partial charge in [-0.2, -0.15) is 0 Å². The summed E-state index contributed by atoms with van der Waals surface area (Å²) in [5.41, 5.74) is 5.96. The molecule has 27 heavy (non-hydrogen) atoms. The van der Waals surface area contributed by atoms with E-state index in [1.807, 2.05) is 0 Å². The number of halogens is 2. The highest BCUT2D eigenvalue weighted by Crippen LogP contribution is 2.29. The third-order valence-corrected chi connectivity index (χ3v) is 6.54. The smallest absolute Gasteiger partial charge is 0.266 e. The van der Waals surface area contributed by atoms with Crippen LogP contribution in [0.5, 0.6) is 0 Å². The summed E-state index contributed by atoms with van der Waals surface area (Å²) >= 11 is 7.24. The Balaban J connectivity index is 1.94. The molecule has 0 radical (unpaired) electrons. The maximum absolute atomic E-state index is 14.4. The Hall–Kier alpha value is -1.42. The average molecular weight is 435 g/mol. The van der Waals surface area contributed by atoms with Gasteiger partial charge < -0.3 is 11.1 Å². The van der Waals surface area contributed by atoms with Crippen molar-refractivity contribution in [3.8, 4) is 0 Å². The largest absolute Gasteiger partial charge is 0.384 e. The quantitative estimate of drug-likeness (QED) is 0.458. The highest BCUT2D eigenvalue weighted by atomic mass is 35.5. The number of nitrogens with two attached hydrogens (primary N) is 1. The van der Waals surface area contributed by atoms with Gasteiger partial charge in [0.1, 0.15) is 10.7 Å². The summed E-state index contributed by atoms with van der Waals surface area (Å²) in [5.74, 6) is -0.350. The Morgan fingerprint density at radius 3 is 2.78 bits per heavy atom. The molecule has 0 fully saturated rings. The zero-order valence-electron chi connectivity index (χ0n) is 15.0. The fourth-order valence-electron chi connectivity index (χ4n) is 2.45. The molecule has 0 aliphatic heterocycles. The molecule has 1 heterocycles. The van der Waals surface area contributed by atoms with Gasteiger partial charge in [-0.05, 0) is 37.4 Å². The van der Waals surface area contributed by atoms with E-state index in [1.165, 1.54) is 6.20 Å². The molecule has 0 spiro atoms. The Kier molecular flexibility index (Phi) is 8.28. The topological polar surface area (TPSA) is 97.1 Å². The van der Waals surface area contributed by atoms with E-state index in [0.29, 0.717) is 24.7 Å². The second kappa shape index (κ2) is 10.2. The molecule has 0 bridgehead atoms. The van der Waals surface area contributed by atoms with Crippen molar-refractivity contribution in [2.45, 2.75) is 37.5 Å². The lowest BCUT2D eigenvalue weighted by molar-refractivity contribution is 0.502. The molecule has 150 valence electrons. The van der Waals surface area contributed by atoms with E-state index in [-0.39, 0.29) is 10.2 Å². The van der Waals surface area contributed by atoms with Gasteiger partial charge in [-0.15, -0.1) is 11.3 Å². The van der Waals surface area contributed by atoms with Gasteiger partial charge in [0.25, 0.3) is 10.0 Å². The van der Waals surface area contributed by atoms with Gasteiger partial charge in [-0.3, -0.25) is 4.72 Å². The molecule has 2 aromatic rings. The molecule has 4 N–H and O–H groups in total. The third kappa shape index (κ3) is 6.60. The van der Waals surface area contributed by atoms with Crippen molar-refractivity contribution in [3.05, 3.63) is 34.5 Å². The molecule has 0 saturated heterocycles. The number of nitrogens with one attached hydrogen (secondary N) is 2. The molecule has 10 heteroatoms. The fraction of sp³-hybridized carbons (Fsp3) is 0.471. The van der Waals surface area contributed by atoms with Crippen LogP contribution in [-0.4, -0.2) is 26.5 Å². The number of thiazole rings is 1. The van der Waals surface area contributed by atoms with Crippen LogP contribution in [-0.2, 0) is 10.0 Å². The SMILES string of the molecule is C[C@H](CN)CCCCCNc1cc(F)c(S(=O)(=O)Nc2nccs2)cc1Cl. The normalized spacial score (nSPS) is 12.7. The second-order valence-corrected chi connectivity index (χ2v) is 9.27. The molecular weight excluding hydrogens is 411 g/mol. The lowest BCUT2D eigenvalue weighted by Crippen LogP contribution is -2.15. The Morgan fingerprint density at radius 1 is 1.33 bits per heavy atom. The number of aromatic nitrogens is 1. The number of rotatable bonds is 11. The summed E-state index contributed by atoms with van der Waals surface area (Å²) in [7, 11) is -4.10. The summed E-state index contributed by atoms with van der Waals surface area (Å²) in [6, 6.07) is 2.22. The van der Waals surface area contributed by atoms with E-state index >= 15 is 0 Å². The minimum Gasteiger partial charge on any atom is -0.384 e. The van der Waals surface area contributed by atoms with E-state index in [1.54, 1.807) is 5.38 Å². The predicted octanol–water partition coefficient (Wildman–Crippen LogP) is 4.30. The minimum absolute atomic E-state index is 0.146. The van der Waals surface area contributed by atoms with Crippen molar-refractivity contribution >= 4 is 43.8 Å². The van der Waals surface area contributed by atoms with Crippen molar-refractivity contribution in [1.29, 1.82) is 0 Å². The molecule has 0 amide bonds. The standard InChI is InChI=1S/C17H24ClFN4O2S2/c1-12(11-20)5-3-2-4-6-21-15-10-14(19)16(9-13(15)18)27(24,25)23-17-22-7-8-26-17/h7-10,12,21H,2-6,11,20H2,1H3,(H,22,23)/t12-/m0/s1. The number of nitrogens with zero attached hydrogens (tertiary/aromatic N) is 1. The van der Waals surface area contributed by atoms with Crippen molar-refractivity contribution < 1.29 is 12.8 Å². The van der Waals surface area contributed by atoms with E-state index in [9.17, 15) is 12.8 Å². The van der Waals surface area contributed by atoms with Gasteiger partial charge in [0.2, 0.25) is 0 Å². The lowest BCUT2D eigenvalue weighted by Gasteiger charge is -2.12. The first-order valence-electron chi connectivity index (χ1n) is 8.68. The average Bonchev–Trinajstić information content (AvgIpc) is 3.12. The number of hydrogen-bond acceptors (Lipinski definition) is 6. The van der Waals surface area contributed by atoms with Gasteiger partial charge in [-0.1, -0.05) is 31.4 Å². The van der Waals surface area contributed by atoms with Gasteiger partial charge in [0, 0.05) is 18.1 Å². The monoisotopic (exact) mass is 434 g/mol. The number of benzene rings is 1. The molecule has 2 rings (SSSR count). The maximum atomic E-state index is 14.4. The van der Waals surface area contributed by atoms with E-state index in [0.717, 1.165) is 49.2 Å². The Morgan fingerprint density at radius 2 is 2.11 bits per heavy atom. The summed E-state index contributed by atoms with van der Waals surface area (Å²) in [6.07, 6.45) is 5.56. The molecule has 0 unspecified atom stereocenters. The number of hydrogen-bond donors (Lipinski definition) is 3. The van der Waals surface area contributed by atoms with E-state index < -0.39 is 20.7 Å². The van der Waals surface area contributed by atoms with Crippen LogP contribution < -0.4 is 15.8 Å². The highest BCUT2D eigenvalue weighted by Gasteiger charge is 2.22. The zero-order chi connectivity index (χ0) is 19.9. The summed E-state index contributed by atoms with van der Waals surface area (Å²) in [4.78, 5) is 3.32. The molecule has 6 nitrogen and oxygen atoms in total. The molecule has 1 atom stereocenters. The van der Waals surface area contributed by atoms with E-state index in [2.05, 4.69) is 21.9 Å². The van der Waals surface area contributed by atoms with Gasteiger partial charge in [0.05, 0.1) is 10.7 Å². The van der Waals surface area contributed by atoms with Crippen molar-refractivity contribution in [2.24, 2.45) is 11.7 Å². The van der Waals surface area contributed by atoms with Crippen LogP contribution in [0.25, 0.3) is 0 Å². The Labute approximate surface area is 168 Å². The second-order valence-electron chi connectivity index (χ2n) is 6.32. The minimum atomic E-state index is -4.10. The van der Waals surface area contributed by atoms with Gasteiger partial charge in [-0.25, -0.2) is 17.8 Å². The molecule has 0 aliphatic carbocycles. The van der Waals surface area contributed by atoms with Crippen LogP contribution in [0.2, 0.25) is 5.02 Å². The molecule has 1 aromatic carbocycles. The third-order valence-electron chi connectivity index (χ3n) is 4.06. The van der Waals surface area contributed by atoms with Crippen molar-refractivity contribution in [2.75, 3.05) is 23.1 Å². The lowest BCUT2D eigenvalue weighted by atomic mass is 10.0. The summed E-state index contributed by atoms with van der Waals surface area (Å²) in [6.45, 7) is 3.44. The number of anilines is 2. The first-order valence-corrected chi connectivity index (χ1v) is 11.4. The number of unbranched alkanes of at least 4 members (excludes halogenated alkanes) is 2. The van der Waals surface area contributed by atoms with E-state index in [4.69, 9.17) is 17.3 Å². The highest BCUT2D eigenvalue weighted by molar-refractivity contribution is 7.93. The van der Waals surface area contributed by atoms with Crippen molar-refractivity contribution in [3.63, 3.8) is 0 Å². The van der Waals surface area contributed by atoms with Gasteiger partial charge >= 0.3 is 0 Å².